The van der Waals surface area contributed by atoms with Crippen LogP contribution < -0.4 is 0 Å². The number of esters is 3. The fraction of sp³-hybridized carbons (Fsp3) is 0.855. The SMILES string of the molecule is CCCC/C=C\C/C=C\CCCCCCCC(=O)OC(COC(=O)CCCCCCC/C=C\CCCCCC)COC(=O)CCCCCCCCCCCCCCCCCCCCCCCCC. The summed E-state index contributed by atoms with van der Waals surface area (Å²) in [6.07, 6.45) is 68.6. The van der Waals surface area contributed by atoms with Crippen molar-refractivity contribution in [2.75, 3.05) is 13.2 Å². The Labute approximate surface area is 423 Å². The summed E-state index contributed by atoms with van der Waals surface area (Å²) in [6.45, 7) is 6.61. The number of carbonyl (C=O) groups is 3. The lowest BCUT2D eigenvalue weighted by molar-refractivity contribution is -0.167. The van der Waals surface area contributed by atoms with E-state index in [0.717, 1.165) is 89.9 Å². The van der Waals surface area contributed by atoms with Crippen molar-refractivity contribution in [2.45, 2.75) is 329 Å². The summed E-state index contributed by atoms with van der Waals surface area (Å²) < 4.78 is 16.9. The third-order valence-electron chi connectivity index (χ3n) is 13.4. The lowest BCUT2D eigenvalue weighted by atomic mass is 10.0. The summed E-state index contributed by atoms with van der Waals surface area (Å²) in [4.78, 5) is 38.1. The molecule has 398 valence electrons. The van der Waals surface area contributed by atoms with Crippen LogP contribution in [0.3, 0.4) is 0 Å². The number of allylic oxidation sites excluding steroid dienone is 6. The van der Waals surface area contributed by atoms with Gasteiger partial charge in [-0.25, -0.2) is 0 Å². The van der Waals surface area contributed by atoms with Gasteiger partial charge in [0.25, 0.3) is 0 Å². The Hall–Kier alpha value is -2.37. The van der Waals surface area contributed by atoms with Crippen LogP contribution in [0.4, 0.5) is 0 Å². The molecule has 0 spiro atoms. The summed E-state index contributed by atoms with van der Waals surface area (Å²) in [5, 5.41) is 0. The normalized spacial score (nSPS) is 12.2. The molecule has 0 aliphatic rings. The van der Waals surface area contributed by atoms with Crippen molar-refractivity contribution in [3.63, 3.8) is 0 Å². The van der Waals surface area contributed by atoms with E-state index in [-0.39, 0.29) is 31.1 Å². The van der Waals surface area contributed by atoms with Gasteiger partial charge in [-0.2, -0.15) is 0 Å². The smallest absolute Gasteiger partial charge is 0.306 e. The van der Waals surface area contributed by atoms with Crippen LogP contribution in [-0.2, 0) is 28.6 Å². The third kappa shape index (κ3) is 54.6. The fourth-order valence-electron chi connectivity index (χ4n) is 8.81. The van der Waals surface area contributed by atoms with E-state index >= 15 is 0 Å². The number of hydrogen-bond donors (Lipinski definition) is 0. The average Bonchev–Trinajstić information content (AvgIpc) is 3.34. The van der Waals surface area contributed by atoms with Gasteiger partial charge in [0.1, 0.15) is 13.2 Å². The standard InChI is InChI=1S/C62H114O6/c1-4-7-10-13-16-19-22-25-27-28-29-30-31-32-33-34-35-38-40-43-46-49-52-55-61(64)67-58-59(57-66-60(63)54-51-48-45-42-39-36-24-21-18-15-12-9-6-3)68-62(65)56-53-50-47-44-41-37-26-23-20-17-14-11-8-5-2/h14,17,21,23-24,26,59H,4-13,15-16,18-20,22,25,27-58H2,1-3H3/b17-14-,24-21-,26-23-. The zero-order valence-electron chi connectivity index (χ0n) is 45.6. The highest BCUT2D eigenvalue weighted by atomic mass is 16.6. The lowest BCUT2D eigenvalue weighted by Gasteiger charge is -2.18. The molecule has 0 aromatic carbocycles. The maximum absolute atomic E-state index is 12.8. The highest BCUT2D eigenvalue weighted by Gasteiger charge is 2.19. The molecule has 0 aromatic heterocycles. The van der Waals surface area contributed by atoms with Gasteiger partial charge in [0.15, 0.2) is 6.10 Å². The molecule has 0 saturated carbocycles. The Morgan fingerprint density at radius 3 is 0.882 bits per heavy atom. The maximum atomic E-state index is 12.8. The summed E-state index contributed by atoms with van der Waals surface area (Å²) >= 11 is 0. The molecule has 6 heteroatoms. The van der Waals surface area contributed by atoms with E-state index in [1.54, 1.807) is 0 Å². The highest BCUT2D eigenvalue weighted by molar-refractivity contribution is 5.71. The molecule has 6 nitrogen and oxygen atoms in total. The fourth-order valence-corrected chi connectivity index (χ4v) is 8.81. The molecule has 0 aliphatic heterocycles. The molecule has 0 N–H and O–H groups in total. The Morgan fingerprint density at radius 2 is 0.544 bits per heavy atom. The second-order valence-corrected chi connectivity index (χ2v) is 20.3. The van der Waals surface area contributed by atoms with Gasteiger partial charge in [0.05, 0.1) is 0 Å². The monoisotopic (exact) mass is 955 g/mol. The van der Waals surface area contributed by atoms with Crippen LogP contribution in [0.15, 0.2) is 36.5 Å². The zero-order valence-corrected chi connectivity index (χ0v) is 45.6. The minimum Gasteiger partial charge on any atom is -0.462 e. The molecule has 0 amide bonds. The van der Waals surface area contributed by atoms with E-state index in [4.69, 9.17) is 14.2 Å². The van der Waals surface area contributed by atoms with Gasteiger partial charge in [-0.05, 0) is 70.6 Å². The van der Waals surface area contributed by atoms with Gasteiger partial charge < -0.3 is 14.2 Å². The topological polar surface area (TPSA) is 78.9 Å². The van der Waals surface area contributed by atoms with Crippen molar-refractivity contribution in [1.29, 1.82) is 0 Å². The molecule has 0 fully saturated rings. The highest BCUT2D eigenvalue weighted by Crippen LogP contribution is 2.17. The summed E-state index contributed by atoms with van der Waals surface area (Å²) in [7, 11) is 0. The van der Waals surface area contributed by atoms with Crippen LogP contribution in [0.25, 0.3) is 0 Å². The Balaban J connectivity index is 4.25. The van der Waals surface area contributed by atoms with Gasteiger partial charge in [0, 0.05) is 19.3 Å². The van der Waals surface area contributed by atoms with Crippen molar-refractivity contribution in [3.8, 4) is 0 Å². The average molecular weight is 956 g/mol. The molecule has 1 atom stereocenters. The van der Waals surface area contributed by atoms with Crippen LogP contribution in [0.5, 0.6) is 0 Å². The molecule has 0 aliphatic carbocycles. The zero-order chi connectivity index (χ0) is 49.3. The number of hydrogen-bond acceptors (Lipinski definition) is 6. The lowest BCUT2D eigenvalue weighted by Crippen LogP contribution is -2.30. The molecule has 0 rings (SSSR count). The first-order chi connectivity index (χ1) is 33.5. The molecule has 68 heavy (non-hydrogen) atoms. The second kappa shape index (κ2) is 57.2. The van der Waals surface area contributed by atoms with Crippen LogP contribution in [0.1, 0.15) is 323 Å². The van der Waals surface area contributed by atoms with E-state index < -0.39 is 6.10 Å². The minimum atomic E-state index is -0.780. The van der Waals surface area contributed by atoms with Crippen molar-refractivity contribution in [1.82, 2.24) is 0 Å². The first-order valence-corrected chi connectivity index (χ1v) is 30.0. The van der Waals surface area contributed by atoms with E-state index in [1.807, 2.05) is 0 Å². The molecular formula is C62H114O6. The molecule has 0 saturated heterocycles. The first kappa shape index (κ1) is 65.6. The predicted molar refractivity (Wildman–Crippen MR) is 293 cm³/mol. The predicted octanol–water partition coefficient (Wildman–Crippen LogP) is 20.0. The third-order valence-corrected chi connectivity index (χ3v) is 13.4. The minimum absolute atomic E-state index is 0.0769. The van der Waals surface area contributed by atoms with E-state index in [9.17, 15) is 14.4 Å². The molecule has 0 heterocycles. The Morgan fingerprint density at radius 1 is 0.294 bits per heavy atom. The van der Waals surface area contributed by atoms with Crippen molar-refractivity contribution in [3.05, 3.63) is 36.5 Å². The molecule has 0 radical (unpaired) electrons. The number of ether oxygens (including phenoxy) is 3. The van der Waals surface area contributed by atoms with Crippen LogP contribution >= 0.6 is 0 Å². The van der Waals surface area contributed by atoms with E-state index in [0.29, 0.717) is 19.3 Å². The largest absolute Gasteiger partial charge is 0.462 e. The van der Waals surface area contributed by atoms with E-state index in [1.165, 1.54) is 193 Å². The van der Waals surface area contributed by atoms with Crippen LogP contribution in [0, 0.1) is 0 Å². The van der Waals surface area contributed by atoms with Crippen molar-refractivity contribution >= 4 is 17.9 Å². The van der Waals surface area contributed by atoms with Gasteiger partial charge in [0.2, 0.25) is 0 Å². The van der Waals surface area contributed by atoms with Gasteiger partial charge in [-0.15, -0.1) is 0 Å². The van der Waals surface area contributed by atoms with Crippen LogP contribution in [0.2, 0.25) is 0 Å². The number of carbonyl (C=O) groups excluding carboxylic acids is 3. The quantitative estimate of drug-likeness (QED) is 0.0262. The second-order valence-electron chi connectivity index (χ2n) is 20.3. The van der Waals surface area contributed by atoms with Gasteiger partial charge in [-0.3, -0.25) is 14.4 Å². The van der Waals surface area contributed by atoms with Gasteiger partial charge >= 0.3 is 17.9 Å². The van der Waals surface area contributed by atoms with Gasteiger partial charge in [-0.1, -0.05) is 269 Å². The summed E-state index contributed by atoms with van der Waals surface area (Å²) in [5.41, 5.74) is 0. The Bertz CT molecular complexity index is 1140. The van der Waals surface area contributed by atoms with E-state index in [2.05, 4.69) is 57.2 Å². The van der Waals surface area contributed by atoms with Crippen LogP contribution in [-0.4, -0.2) is 37.2 Å². The molecule has 0 aromatic rings. The maximum Gasteiger partial charge on any atom is 0.306 e. The summed E-state index contributed by atoms with van der Waals surface area (Å²) in [6, 6.07) is 0. The summed E-state index contributed by atoms with van der Waals surface area (Å²) in [5.74, 6) is -0.883. The van der Waals surface area contributed by atoms with Crippen molar-refractivity contribution < 1.29 is 28.6 Å². The molecule has 1 unspecified atom stereocenters. The number of unbranched alkanes of at least 4 members (excludes halogenated alkanes) is 38. The van der Waals surface area contributed by atoms with Crippen molar-refractivity contribution in [2.24, 2.45) is 0 Å². The Kier molecular flexibility index (Phi) is 55.2. The first-order valence-electron chi connectivity index (χ1n) is 30.0. The molecule has 0 bridgehead atoms. The molecular weight excluding hydrogens is 841 g/mol. The number of rotatable bonds is 55.